The van der Waals surface area contributed by atoms with Crippen molar-refractivity contribution in [2.45, 2.75) is 11.7 Å². The minimum atomic E-state index is -3.88. The molecule has 1 aromatic heterocycles. The molecule has 3 aromatic carbocycles. The highest BCUT2D eigenvalue weighted by molar-refractivity contribution is 7.89. The highest BCUT2D eigenvalue weighted by Gasteiger charge is 2.26. The number of hydrogen-bond donors (Lipinski definition) is 3. The number of nitrogens with one attached hydrogen (secondary N) is 1. The number of primary sulfonamides is 1. The molecular weight excluding hydrogens is 436 g/mol. The predicted molar refractivity (Wildman–Crippen MR) is 129 cm³/mol. The Morgan fingerprint density at radius 3 is 2.36 bits per heavy atom. The lowest BCUT2D eigenvalue weighted by Gasteiger charge is -2.17. The van der Waals surface area contributed by atoms with Crippen LogP contribution in [0.3, 0.4) is 0 Å². The van der Waals surface area contributed by atoms with Gasteiger partial charge in [0.2, 0.25) is 16.0 Å². The molecule has 33 heavy (non-hydrogen) atoms. The first-order chi connectivity index (χ1) is 15.9. The van der Waals surface area contributed by atoms with Crippen LogP contribution in [0.25, 0.3) is 11.3 Å². The van der Waals surface area contributed by atoms with Gasteiger partial charge in [0.25, 0.3) is 0 Å². The summed E-state index contributed by atoms with van der Waals surface area (Å²) in [6, 6.07) is 25.0. The number of hydrogen-bond acceptors (Lipinski definition) is 6. The summed E-state index contributed by atoms with van der Waals surface area (Å²) in [6.07, 6.45) is 2.41. The molecule has 8 heteroatoms. The van der Waals surface area contributed by atoms with Crippen LogP contribution in [0.15, 0.2) is 91.1 Å². The fourth-order valence-corrected chi connectivity index (χ4v) is 4.71. The molecule has 1 heterocycles. The number of aromatic hydroxyl groups is 1. The number of sulfonamides is 1. The third-order valence-corrected chi connectivity index (χ3v) is 6.41. The number of phenols is 1. The minimum Gasteiger partial charge on any atom is -0.508 e. The number of phenolic OH excluding ortho intramolecular Hbond substituents is 1. The molecule has 0 saturated carbocycles. The fraction of sp³-hybridized carbons (Fsp3) is 0.120. The zero-order valence-electron chi connectivity index (χ0n) is 17.8. The molecular formula is C25H24N4O3S. The summed E-state index contributed by atoms with van der Waals surface area (Å²) in [4.78, 5) is 8.86. The maximum atomic E-state index is 12.4. The Morgan fingerprint density at radius 1 is 0.909 bits per heavy atom. The van der Waals surface area contributed by atoms with Gasteiger partial charge in [0.1, 0.15) is 11.0 Å². The Labute approximate surface area is 193 Å². The quantitative estimate of drug-likeness (QED) is 0.367. The van der Waals surface area contributed by atoms with E-state index < -0.39 is 15.3 Å². The summed E-state index contributed by atoms with van der Waals surface area (Å²) < 4.78 is 24.8. The van der Waals surface area contributed by atoms with Crippen LogP contribution in [-0.2, 0) is 16.4 Å². The molecule has 7 nitrogen and oxygen atoms in total. The summed E-state index contributed by atoms with van der Waals surface area (Å²) >= 11 is 0. The zero-order valence-corrected chi connectivity index (χ0v) is 18.6. The van der Waals surface area contributed by atoms with Crippen molar-refractivity contribution < 1.29 is 13.5 Å². The molecule has 0 fully saturated rings. The average molecular weight is 461 g/mol. The first-order valence-electron chi connectivity index (χ1n) is 10.4. The van der Waals surface area contributed by atoms with Crippen LogP contribution < -0.4 is 10.5 Å². The standard InChI is InChI=1S/C25H24N4O3S/c26-33(31,32)24(19-5-2-1-3-6-19)21-8-4-7-20(17-21)23-14-16-28-25(29-23)27-15-13-18-9-11-22(30)12-10-18/h1-12,14,16-17,24,30H,13,15H2,(H2,26,31,32)(H,27,28,29). The van der Waals surface area contributed by atoms with E-state index in [9.17, 15) is 13.5 Å². The van der Waals surface area contributed by atoms with Crippen LogP contribution in [0.4, 0.5) is 5.95 Å². The van der Waals surface area contributed by atoms with Crippen molar-refractivity contribution >= 4 is 16.0 Å². The van der Waals surface area contributed by atoms with E-state index in [1.54, 1.807) is 66.9 Å². The number of anilines is 1. The van der Waals surface area contributed by atoms with E-state index in [0.29, 0.717) is 29.3 Å². The largest absolute Gasteiger partial charge is 0.508 e. The Kier molecular flexibility index (Phi) is 6.67. The second-order valence-electron chi connectivity index (χ2n) is 7.61. The SMILES string of the molecule is NS(=O)(=O)C(c1ccccc1)c1cccc(-c2ccnc(NCCc3ccc(O)cc3)n2)c1. The van der Waals surface area contributed by atoms with Gasteiger partial charge >= 0.3 is 0 Å². The smallest absolute Gasteiger partial charge is 0.223 e. The highest BCUT2D eigenvalue weighted by Crippen LogP contribution is 2.31. The molecule has 0 saturated heterocycles. The average Bonchev–Trinajstić information content (AvgIpc) is 2.81. The number of nitrogens with zero attached hydrogens (tertiary/aromatic N) is 2. The lowest BCUT2D eigenvalue weighted by atomic mass is 10.0. The first-order valence-corrected chi connectivity index (χ1v) is 12.0. The molecule has 0 bridgehead atoms. The van der Waals surface area contributed by atoms with Crippen molar-refractivity contribution in [3.63, 3.8) is 0 Å². The van der Waals surface area contributed by atoms with Crippen molar-refractivity contribution in [2.75, 3.05) is 11.9 Å². The van der Waals surface area contributed by atoms with E-state index in [0.717, 1.165) is 17.5 Å². The highest BCUT2D eigenvalue weighted by atomic mass is 32.2. The lowest BCUT2D eigenvalue weighted by molar-refractivity contribution is 0.475. The molecule has 0 aliphatic carbocycles. The van der Waals surface area contributed by atoms with Gasteiger partial charge in [0.15, 0.2) is 0 Å². The van der Waals surface area contributed by atoms with Crippen LogP contribution in [0.5, 0.6) is 5.75 Å². The zero-order chi connectivity index (χ0) is 23.3. The first kappa shape index (κ1) is 22.4. The van der Waals surface area contributed by atoms with Crippen LogP contribution in [-0.4, -0.2) is 30.0 Å². The van der Waals surface area contributed by atoms with Crippen LogP contribution in [0.1, 0.15) is 21.9 Å². The molecule has 0 radical (unpaired) electrons. The van der Waals surface area contributed by atoms with Gasteiger partial charge in [0.05, 0.1) is 5.69 Å². The molecule has 0 aliphatic rings. The van der Waals surface area contributed by atoms with Gasteiger partial charge in [-0.2, -0.15) is 0 Å². The molecule has 4 N–H and O–H groups in total. The van der Waals surface area contributed by atoms with E-state index in [-0.39, 0.29) is 5.75 Å². The van der Waals surface area contributed by atoms with E-state index >= 15 is 0 Å². The minimum absolute atomic E-state index is 0.238. The summed E-state index contributed by atoms with van der Waals surface area (Å²) in [6.45, 7) is 0.621. The fourth-order valence-electron chi connectivity index (χ4n) is 3.65. The molecule has 1 atom stereocenters. The lowest BCUT2D eigenvalue weighted by Crippen LogP contribution is -2.22. The summed E-state index contributed by atoms with van der Waals surface area (Å²) in [5.74, 6) is 0.713. The molecule has 0 amide bonds. The van der Waals surface area contributed by atoms with Crippen molar-refractivity contribution in [2.24, 2.45) is 5.14 Å². The van der Waals surface area contributed by atoms with E-state index in [4.69, 9.17) is 5.14 Å². The van der Waals surface area contributed by atoms with Crippen LogP contribution >= 0.6 is 0 Å². The van der Waals surface area contributed by atoms with Gasteiger partial charge in [-0.05, 0) is 47.4 Å². The summed E-state index contributed by atoms with van der Waals surface area (Å²) in [5.41, 5.74) is 3.69. The second kappa shape index (κ2) is 9.81. The number of nitrogens with two attached hydrogens (primary N) is 1. The molecule has 4 aromatic rings. The third-order valence-electron chi connectivity index (χ3n) is 5.20. The monoisotopic (exact) mass is 460 g/mol. The predicted octanol–water partition coefficient (Wildman–Crippen LogP) is 3.88. The summed E-state index contributed by atoms with van der Waals surface area (Å²) in [5, 5.41) is 17.2. The van der Waals surface area contributed by atoms with Gasteiger partial charge in [-0.3, -0.25) is 0 Å². The van der Waals surface area contributed by atoms with Gasteiger partial charge in [0, 0.05) is 18.3 Å². The van der Waals surface area contributed by atoms with Gasteiger partial charge < -0.3 is 10.4 Å². The molecule has 1 unspecified atom stereocenters. The number of rotatable bonds is 8. The Balaban J connectivity index is 1.55. The van der Waals surface area contributed by atoms with E-state index in [1.165, 1.54) is 0 Å². The number of benzene rings is 3. The topological polar surface area (TPSA) is 118 Å². The Bertz CT molecular complexity index is 1330. The third kappa shape index (κ3) is 5.74. The molecule has 0 aliphatic heterocycles. The number of aromatic nitrogens is 2. The normalized spacial score (nSPS) is 12.3. The van der Waals surface area contributed by atoms with Crippen LogP contribution in [0, 0.1) is 0 Å². The molecule has 168 valence electrons. The van der Waals surface area contributed by atoms with Crippen LogP contribution in [0.2, 0.25) is 0 Å². The Hall–Kier alpha value is -3.75. The molecule has 4 rings (SSSR count). The van der Waals surface area contributed by atoms with Gasteiger partial charge in [-0.25, -0.2) is 23.5 Å². The maximum absolute atomic E-state index is 12.4. The van der Waals surface area contributed by atoms with Crippen molar-refractivity contribution in [1.82, 2.24) is 9.97 Å². The second-order valence-corrected chi connectivity index (χ2v) is 9.26. The summed E-state index contributed by atoms with van der Waals surface area (Å²) in [7, 11) is -3.88. The van der Waals surface area contributed by atoms with E-state index in [2.05, 4.69) is 15.3 Å². The van der Waals surface area contributed by atoms with E-state index in [1.807, 2.05) is 24.3 Å². The van der Waals surface area contributed by atoms with Crippen molar-refractivity contribution in [3.05, 3.63) is 108 Å². The van der Waals surface area contributed by atoms with Crippen molar-refractivity contribution in [1.29, 1.82) is 0 Å². The van der Waals surface area contributed by atoms with Gasteiger partial charge in [-0.1, -0.05) is 60.7 Å². The molecule has 0 spiro atoms. The Morgan fingerprint density at radius 2 is 1.64 bits per heavy atom. The van der Waals surface area contributed by atoms with Crippen molar-refractivity contribution in [3.8, 4) is 17.0 Å². The maximum Gasteiger partial charge on any atom is 0.223 e. The van der Waals surface area contributed by atoms with Gasteiger partial charge in [-0.15, -0.1) is 0 Å².